The van der Waals surface area contributed by atoms with E-state index in [1.807, 2.05) is 28.8 Å². The average Bonchev–Trinajstić information content (AvgIpc) is 2.69. The largest absolute Gasteiger partial charge is 0.332 e. The number of carbonyl (C=O) groups is 1. The summed E-state index contributed by atoms with van der Waals surface area (Å²) in [4.78, 5) is 14.3. The molecule has 1 aromatic carbocycles. The molecule has 0 aliphatic carbocycles. The first-order valence-electron chi connectivity index (χ1n) is 4.50. The van der Waals surface area contributed by atoms with Crippen LogP contribution in [-0.2, 0) is 6.54 Å². The van der Waals surface area contributed by atoms with Crippen molar-refractivity contribution in [2.45, 2.75) is 6.54 Å². The molecule has 0 unspecified atom stereocenters. The highest BCUT2D eigenvalue weighted by molar-refractivity contribution is 6.31. The Kier molecular flexibility index (Phi) is 2.83. The molecule has 0 spiro atoms. The van der Waals surface area contributed by atoms with E-state index in [9.17, 15) is 4.79 Å². The van der Waals surface area contributed by atoms with E-state index in [-0.39, 0.29) is 0 Å². The molecule has 0 radical (unpaired) electrons. The molecule has 76 valence electrons. The van der Waals surface area contributed by atoms with Crippen LogP contribution in [0, 0.1) is 0 Å². The van der Waals surface area contributed by atoms with E-state index in [4.69, 9.17) is 11.6 Å². The van der Waals surface area contributed by atoms with E-state index in [1.165, 1.54) is 0 Å². The second kappa shape index (κ2) is 4.28. The van der Waals surface area contributed by atoms with Crippen molar-refractivity contribution >= 4 is 17.9 Å². The van der Waals surface area contributed by atoms with Crippen LogP contribution in [0.5, 0.6) is 0 Å². The Morgan fingerprint density at radius 1 is 1.40 bits per heavy atom. The minimum Gasteiger partial charge on any atom is -0.332 e. The van der Waals surface area contributed by atoms with E-state index in [0.717, 1.165) is 16.9 Å². The smallest absolute Gasteiger partial charge is 0.169 e. The van der Waals surface area contributed by atoms with E-state index in [2.05, 4.69) is 4.98 Å². The Morgan fingerprint density at radius 2 is 2.20 bits per heavy atom. The van der Waals surface area contributed by atoms with Crippen molar-refractivity contribution < 1.29 is 4.79 Å². The van der Waals surface area contributed by atoms with E-state index in [0.29, 0.717) is 12.2 Å². The summed E-state index contributed by atoms with van der Waals surface area (Å²) in [5.74, 6) is 0. The summed E-state index contributed by atoms with van der Waals surface area (Å²) in [6.07, 6.45) is 4.03. The molecule has 0 aliphatic rings. The fourth-order valence-corrected chi connectivity index (χ4v) is 1.54. The summed E-state index contributed by atoms with van der Waals surface area (Å²) in [7, 11) is 0. The van der Waals surface area contributed by atoms with Crippen LogP contribution in [0.4, 0.5) is 0 Å². The Morgan fingerprint density at radius 3 is 2.87 bits per heavy atom. The number of aromatic nitrogens is 2. The average molecular weight is 221 g/mol. The second-order valence-electron chi connectivity index (χ2n) is 3.18. The summed E-state index contributed by atoms with van der Waals surface area (Å²) in [5.41, 5.74) is 1.44. The van der Waals surface area contributed by atoms with Gasteiger partial charge in [0.25, 0.3) is 0 Å². The molecular formula is C11H9ClN2O. The maximum absolute atomic E-state index is 10.4. The summed E-state index contributed by atoms with van der Waals surface area (Å²) in [6, 6.07) is 7.60. The first-order valence-corrected chi connectivity index (χ1v) is 4.88. The van der Waals surface area contributed by atoms with Crippen molar-refractivity contribution in [3.63, 3.8) is 0 Å². The van der Waals surface area contributed by atoms with Crippen LogP contribution in [0.1, 0.15) is 16.1 Å². The molecule has 0 atom stereocenters. The van der Waals surface area contributed by atoms with Gasteiger partial charge in [-0.15, -0.1) is 0 Å². The van der Waals surface area contributed by atoms with Crippen LogP contribution in [0.15, 0.2) is 36.8 Å². The van der Waals surface area contributed by atoms with Crippen LogP contribution in [0.25, 0.3) is 0 Å². The Hall–Kier alpha value is -1.61. The van der Waals surface area contributed by atoms with Crippen LogP contribution in [0.2, 0.25) is 5.02 Å². The fraction of sp³-hybridized carbons (Fsp3) is 0.0909. The molecule has 0 N–H and O–H groups in total. The van der Waals surface area contributed by atoms with Gasteiger partial charge in [0.05, 0.1) is 6.33 Å². The van der Waals surface area contributed by atoms with Gasteiger partial charge >= 0.3 is 0 Å². The molecule has 15 heavy (non-hydrogen) atoms. The lowest BCUT2D eigenvalue weighted by atomic mass is 10.2. The minimum absolute atomic E-state index is 0.432. The van der Waals surface area contributed by atoms with Crippen LogP contribution in [0.3, 0.4) is 0 Å². The molecule has 0 aliphatic heterocycles. The third kappa shape index (κ3) is 2.25. The van der Waals surface area contributed by atoms with Crippen LogP contribution in [-0.4, -0.2) is 15.8 Å². The zero-order valence-corrected chi connectivity index (χ0v) is 8.69. The number of benzene rings is 1. The van der Waals surface area contributed by atoms with Crippen LogP contribution < -0.4 is 0 Å². The maximum Gasteiger partial charge on any atom is 0.169 e. The van der Waals surface area contributed by atoms with Crippen molar-refractivity contribution in [3.05, 3.63) is 53.1 Å². The lowest BCUT2D eigenvalue weighted by molar-refractivity contribution is 0.111. The van der Waals surface area contributed by atoms with Gasteiger partial charge in [-0.25, -0.2) is 4.98 Å². The normalized spacial score (nSPS) is 10.2. The standard InChI is InChI=1S/C11H9ClN2O/c12-11-4-2-1-3-9(11)5-14-6-10(7-15)13-8-14/h1-4,6-8H,5H2. The Labute approximate surface area is 92.3 Å². The van der Waals surface area contributed by atoms with E-state index in [1.54, 1.807) is 12.5 Å². The maximum atomic E-state index is 10.4. The molecule has 2 aromatic rings. The Bertz CT molecular complexity index is 479. The van der Waals surface area contributed by atoms with Crippen molar-refractivity contribution in [1.82, 2.24) is 9.55 Å². The highest BCUT2D eigenvalue weighted by Crippen LogP contribution is 2.15. The molecule has 2 rings (SSSR count). The van der Waals surface area contributed by atoms with Gasteiger partial charge in [0.2, 0.25) is 0 Å². The third-order valence-corrected chi connectivity index (χ3v) is 2.45. The number of nitrogens with zero attached hydrogens (tertiary/aromatic N) is 2. The zero-order chi connectivity index (χ0) is 10.7. The molecule has 0 bridgehead atoms. The predicted molar refractivity (Wildman–Crippen MR) is 58.2 cm³/mol. The van der Waals surface area contributed by atoms with Crippen molar-refractivity contribution in [2.75, 3.05) is 0 Å². The highest BCUT2D eigenvalue weighted by Gasteiger charge is 2.01. The summed E-state index contributed by atoms with van der Waals surface area (Å²) >= 11 is 6.01. The fourth-order valence-electron chi connectivity index (χ4n) is 1.35. The van der Waals surface area contributed by atoms with Crippen LogP contribution >= 0.6 is 11.6 Å². The summed E-state index contributed by atoms with van der Waals surface area (Å²) in [5, 5.41) is 0.721. The van der Waals surface area contributed by atoms with E-state index < -0.39 is 0 Å². The first-order chi connectivity index (χ1) is 7.29. The van der Waals surface area contributed by atoms with Crippen molar-refractivity contribution in [3.8, 4) is 0 Å². The molecule has 4 heteroatoms. The van der Waals surface area contributed by atoms with Gasteiger partial charge < -0.3 is 4.57 Å². The number of carbonyl (C=O) groups excluding carboxylic acids is 1. The minimum atomic E-state index is 0.432. The third-order valence-electron chi connectivity index (χ3n) is 2.08. The van der Waals surface area contributed by atoms with Crippen molar-refractivity contribution in [1.29, 1.82) is 0 Å². The summed E-state index contributed by atoms with van der Waals surface area (Å²) in [6.45, 7) is 0.626. The molecular weight excluding hydrogens is 212 g/mol. The molecule has 3 nitrogen and oxygen atoms in total. The number of halogens is 1. The topological polar surface area (TPSA) is 34.9 Å². The quantitative estimate of drug-likeness (QED) is 0.745. The number of rotatable bonds is 3. The number of aldehydes is 1. The van der Waals surface area contributed by atoms with Gasteiger partial charge in [-0.1, -0.05) is 29.8 Å². The van der Waals surface area contributed by atoms with Crippen molar-refractivity contribution in [2.24, 2.45) is 0 Å². The van der Waals surface area contributed by atoms with Gasteiger partial charge in [0.15, 0.2) is 6.29 Å². The summed E-state index contributed by atoms with van der Waals surface area (Å²) < 4.78 is 1.82. The molecule has 0 saturated carbocycles. The predicted octanol–water partition coefficient (Wildman–Crippen LogP) is 2.40. The second-order valence-corrected chi connectivity index (χ2v) is 3.59. The van der Waals surface area contributed by atoms with Gasteiger partial charge in [-0.3, -0.25) is 4.79 Å². The lowest BCUT2D eigenvalue weighted by Gasteiger charge is -2.03. The molecule has 1 aromatic heterocycles. The number of hydrogen-bond acceptors (Lipinski definition) is 2. The first kappa shape index (κ1) is 9.93. The Balaban J connectivity index is 2.22. The highest BCUT2D eigenvalue weighted by atomic mass is 35.5. The molecule has 0 fully saturated rings. The van der Waals surface area contributed by atoms with Gasteiger partial charge in [0, 0.05) is 17.8 Å². The molecule has 1 heterocycles. The number of hydrogen-bond donors (Lipinski definition) is 0. The van der Waals surface area contributed by atoms with E-state index >= 15 is 0 Å². The SMILES string of the molecule is O=Cc1cn(Cc2ccccc2Cl)cn1. The van der Waals surface area contributed by atoms with Gasteiger partial charge in [-0.2, -0.15) is 0 Å². The molecule has 0 saturated heterocycles. The lowest BCUT2D eigenvalue weighted by Crippen LogP contribution is -1.96. The monoisotopic (exact) mass is 220 g/mol. The zero-order valence-electron chi connectivity index (χ0n) is 7.93. The molecule has 0 amide bonds. The van der Waals surface area contributed by atoms with Gasteiger partial charge in [0.1, 0.15) is 5.69 Å². The number of imidazole rings is 1. The van der Waals surface area contributed by atoms with Gasteiger partial charge in [-0.05, 0) is 11.6 Å².